The fourth-order valence-corrected chi connectivity index (χ4v) is 2.65. The van der Waals surface area contributed by atoms with Crippen LogP contribution in [-0.2, 0) is 0 Å². The first-order chi connectivity index (χ1) is 6.83. The Morgan fingerprint density at radius 3 is 2.50 bits per heavy atom. The average Bonchev–Trinajstić information content (AvgIpc) is 2.20. The summed E-state index contributed by atoms with van der Waals surface area (Å²) in [4.78, 5) is 2.41. The van der Waals surface area contributed by atoms with Gasteiger partial charge >= 0.3 is 0 Å². The zero-order valence-corrected chi connectivity index (χ0v) is 10.2. The van der Waals surface area contributed by atoms with E-state index < -0.39 is 0 Å². The third-order valence-corrected chi connectivity index (χ3v) is 3.42. The summed E-state index contributed by atoms with van der Waals surface area (Å²) >= 11 is 0. The first-order valence-corrected chi connectivity index (χ1v) is 6.51. The number of hydrogen-bond acceptors (Lipinski definition) is 1. The molecule has 0 radical (unpaired) electrons. The van der Waals surface area contributed by atoms with Crippen molar-refractivity contribution in [1.29, 1.82) is 0 Å². The Labute approximate surface area is 89.3 Å². The summed E-state index contributed by atoms with van der Waals surface area (Å²) in [7, 11) is 3.17. The van der Waals surface area contributed by atoms with Crippen molar-refractivity contribution in [3.8, 4) is 0 Å². The van der Waals surface area contributed by atoms with E-state index in [9.17, 15) is 0 Å². The van der Waals surface area contributed by atoms with Crippen molar-refractivity contribution in [2.75, 3.05) is 26.3 Å². The SMILES string of the molecule is CCCN(C)CCPc1ccccc1. The van der Waals surface area contributed by atoms with Crippen molar-refractivity contribution in [2.24, 2.45) is 0 Å². The van der Waals surface area contributed by atoms with Crippen molar-refractivity contribution in [3.05, 3.63) is 30.3 Å². The Bertz CT molecular complexity index is 235. The summed E-state index contributed by atoms with van der Waals surface area (Å²) < 4.78 is 0. The molecule has 0 fully saturated rings. The highest BCUT2D eigenvalue weighted by Gasteiger charge is 1.96. The number of benzene rings is 1. The van der Waals surface area contributed by atoms with Crippen LogP contribution in [-0.4, -0.2) is 31.2 Å². The third-order valence-electron chi connectivity index (χ3n) is 2.20. The van der Waals surface area contributed by atoms with Gasteiger partial charge in [-0.05, 0) is 31.5 Å². The van der Waals surface area contributed by atoms with Crippen molar-refractivity contribution >= 4 is 13.9 Å². The van der Waals surface area contributed by atoms with Crippen LogP contribution >= 0.6 is 8.58 Å². The molecule has 0 saturated heterocycles. The minimum absolute atomic E-state index is 0.960. The molecular formula is C12H20NP. The number of rotatable bonds is 6. The summed E-state index contributed by atoms with van der Waals surface area (Å²) in [6, 6.07) is 10.8. The van der Waals surface area contributed by atoms with E-state index >= 15 is 0 Å². The van der Waals surface area contributed by atoms with Crippen LogP contribution in [0.2, 0.25) is 0 Å². The maximum absolute atomic E-state index is 2.41. The van der Waals surface area contributed by atoms with Gasteiger partial charge in [0.1, 0.15) is 0 Å². The molecule has 0 saturated carbocycles. The molecular weight excluding hydrogens is 189 g/mol. The molecule has 0 aromatic heterocycles. The highest BCUT2D eigenvalue weighted by molar-refractivity contribution is 7.47. The molecule has 1 aromatic rings. The second-order valence-corrected chi connectivity index (χ2v) is 5.03. The summed E-state index contributed by atoms with van der Waals surface area (Å²) in [5.74, 6) is 0. The molecule has 0 amide bonds. The van der Waals surface area contributed by atoms with Crippen LogP contribution in [0.25, 0.3) is 0 Å². The van der Waals surface area contributed by atoms with Crippen LogP contribution in [0.5, 0.6) is 0 Å². The van der Waals surface area contributed by atoms with E-state index in [-0.39, 0.29) is 0 Å². The fourth-order valence-electron chi connectivity index (χ4n) is 1.44. The lowest BCUT2D eigenvalue weighted by Gasteiger charge is -2.14. The predicted octanol–water partition coefficient (Wildman–Crippen LogP) is 2.33. The molecule has 0 bridgehead atoms. The summed E-state index contributed by atoms with van der Waals surface area (Å²) in [6.45, 7) is 4.68. The second-order valence-electron chi connectivity index (χ2n) is 3.60. The normalized spacial score (nSPS) is 11.6. The summed E-state index contributed by atoms with van der Waals surface area (Å²) in [5.41, 5.74) is 0. The topological polar surface area (TPSA) is 3.24 Å². The van der Waals surface area contributed by atoms with Gasteiger partial charge < -0.3 is 4.90 Å². The standard InChI is InChI=1S/C12H20NP/c1-3-9-13(2)10-11-14-12-7-5-4-6-8-12/h4-8,14H,3,9-11H2,1-2H3. The van der Waals surface area contributed by atoms with Crippen LogP contribution in [0.4, 0.5) is 0 Å². The number of hydrogen-bond donors (Lipinski definition) is 0. The summed E-state index contributed by atoms with van der Waals surface area (Å²) in [6.07, 6.45) is 2.55. The molecule has 78 valence electrons. The molecule has 0 aliphatic heterocycles. The van der Waals surface area contributed by atoms with Crippen molar-refractivity contribution in [2.45, 2.75) is 13.3 Å². The molecule has 0 aliphatic carbocycles. The zero-order chi connectivity index (χ0) is 10.2. The fraction of sp³-hybridized carbons (Fsp3) is 0.500. The molecule has 2 heteroatoms. The van der Waals surface area contributed by atoms with E-state index in [2.05, 4.69) is 49.2 Å². The second kappa shape index (κ2) is 6.98. The van der Waals surface area contributed by atoms with Gasteiger partial charge in [0, 0.05) is 6.54 Å². The van der Waals surface area contributed by atoms with Crippen LogP contribution < -0.4 is 5.30 Å². The largest absolute Gasteiger partial charge is 0.306 e. The van der Waals surface area contributed by atoms with E-state index in [1.807, 2.05) is 0 Å². The van der Waals surface area contributed by atoms with Gasteiger partial charge in [0.05, 0.1) is 0 Å². The van der Waals surface area contributed by atoms with Gasteiger partial charge in [-0.2, -0.15) is 0 Å². The third kappa shape index (κ3) is 4.74. The summed E-state index contributed by atoms with van der Waals surface area (Å²) in [5, 5.41) is 1.48. The molecule has 0 heterocycles. The van der Waals surface area contributed by atoms with Gasteiger partial charge in [-0.1, -0.05) is 45.8 Å². The van der Waals surface area contributed by atoms with Crippen LogP contribution in [0.3, 0.4) is 0 Å². The van der Waals surface area contributed by atoms with Gasteiger partial charge in [-0.25, -0.2) is 0 Å². The number of nitrogens with zero attached hydrogens (tertiary/aromatic N) is 1. The van der Waals surface area contributed by atoms with E-state index in [0.717, 1.165) is 8.58 Å². The smallest absolute Gasteiger partial charge is 0.00182 e. The quantitative estimate of drug-likeness (QED) is 0.650. The maximum atomic E-state index is 2.41. The lowest BCUT2D eigenvalue weighted by Crippen LogP contribution is -2.22. The molecule has 0 aliphatic rings. The van der Waals surface area contributed by atoms with Crippen molar-refractivity contribution in [1.82, 2.24) is 4.90 Å². The Balaban J connectivity index is 2.16. The Morgan fingerprint density at radius 2 is 1.86 bits per heavy atom. The van der Waals surface area contributed by atoms with E-state index in [1.165, 1.54) is 31.0 Å². The molecule has 0 spiro atoms. The Hall–Kier alpha value is -0.390. The molecule has 14 heavy (non-hydrogen) atoms. The van der Waals surface area contributed by atoms with Crippen molar-refractivity contribution < 1.29 is 0 Å². The van der Waals surface area contributed by atoms with E-state index in [1.54, 1.807) is 0 Å². The lowest BCUT2D eigenvalue weighted by atomic mass is 10.4. The Kier molecular flexibility index (Phi) is 5.82. The van der Waals surface area contributed by atoms with Gasteiger partial charge in [0.25, 0.3) is 0 Å². The maximum Gasteiger partial charge on any atom is 0.00182 e. The van der Waals surface area contributed by atoms with E-state index in [0.29, 0.717) is 0 Å². The molecule has 1 nitrogen and oxygen atoms in total. The zero-order valence-electron chi connectivity index (χ0n) is 9.16. The molecule has 1 rings (SSSR count). The van der Waals surface area contributed by atoms with Gasteiger partial charge in [-0.3, -0.25) is 0 Å². The first kappa shape index (κ1) is 11.7. The predicted molar refractivity (Wildman–Crippen MR) is 67.0 cm³/mol. The molecule has 1 aromatic carbocycles. The van der Waals surface area contributed by atoms with Crippen LogP contribution in [0.1, 0.15) is 13.3 Å². The van der Waals surface area contributed by atoms with Crippen LogP contribution in [0.15, 0.2) is 30.3 Å². The van der Waals surface area contributed by atoms with Crippen molar-refractivity contribution in [3.63, 3.8) is 0 Å². The lowest BCUT2D eigenvalue weighted by molar-refractivity contribution is 0.356. The minimum atomic E-state index is 0.960. The van der Waals surface area contributed by atoms with E-state index in [4.69, 9.17) is 0 Å². The monoisotopic (exact) mass is 209 g/mol. The van der Waals surface area contributed by atoms with Gasteiger partial charge in [0.2, 0.25) is 0 Å². The Morgan fingerprint density at radius 1 is 1.14 bits per heavy atom. The molecule has 0 N–H and O–H groups in total. The molecule has 1 unspecified atom stereocenters. The average molecular weight is 209 g/mol. The molecule has 1 atom stereocenters. The van der Waals surface area contributed by atoms with Gasteiger partial charge in [-0.15, -0.1) is 0 Å². The van der Waals surface area contributed by atoms with Crippen LogP contribution in [0, 0.1) is 0 Å². The highest BCUT2D eigenvalue weighted by atomic mass is 31.1. The minimum Gasteiger partial charge on any atom is -0.306 e. The van der Waals surface area contributed by atoms with Gasteiger partial charge in [0.15, 0.2) is 0 Å². The highest BCUT2D eigenvalue weighted by Crippen LogP contribution is 2.09. The first-order valence-electron chi connectivity index (χ1n) is 5.30.